The van der Waals surface area contributed by atoms with Crippen LogP contribution in [-0.4, -0.2) is 42.5 Å². The van der Waals surface area contributed by atoms with Crippen LogP contribution < -0.4 is 5.32 Å². The Morgan fingerprint density at radius 2 is 2.16 bits per heavy atom. The summed E-state index contributed by atoms with van der Waals surface area (Å²) in [7, 11) is 1.95. The van der Waals surface area contributed by atoms with E-state index in [2.05, 4.69) is 10.3 Å². The number of nitrogens with one attached hydrogen (secondary N) is 1. The lowest BCUT2D eigenvalue weighted by molar-refractivity contribution is 0.0678. The van der Waals surface area contributed by atoms with Crippen molar-refractivity contribution in [1.29, 1.82) is 0 Å². The van der Waals surface area contributed by atoms with Crippen LogP contribution in [0.2, 0.25) is 0 Å². The summed E-state index contributed by atoms with van der Waals surface area (Å²) in [5.74, 6) is 0.381. The van der Waals surface area contributed by atoms with E-state index in [4.69, 9.17) is 0 Å². The minimum absolute atomic E-state index is 0.0983. The lowest BCUT2D eigenvalue weighted by Crippen LogP contribution is -2.42. The SMILES string of the molecule is CNCC1CCCN(C(=O)c2sc(Cc3ccc(F)cc3)nc2C)C1. The van der Waals surface area contributed by atoms with Crippen LogP contribution in [0, 0.1) is 18.7 Å². The Bertz CT molecular complexity index is 727. The van der Waals surface area contributed by atoms with E-state index >= 15 is 0 Å². The molecule has 3 rings (SSSR count). The van der Waals surface area contributed by atoms with E-state index in [0.717, 1.165) is 47.2 Å². The van der Waals surface area contributed by atoms with Gasteiger partial charge in [-0.05, 0) is 57.0 Å². The second-order valence-corrected chi connectivity index (χ2v) is 7.73. The van der Waals surface area contributed by atoms with Crippen LogP contribution in [0.4, 0.5) is 4.39 Å². The van der Waals surface area contributed by atoms with E-state index in [1.165, 1.54) is 29.9 Å². The predicted molar refractivity (Wildman–Crippen MR) is 98.6 cm³/mol. The molecule has 1 N–H and O–H groups in total. The monoisotopic (exact) mass is 361 g/mol. The number of hydrogen-bond donors (Lipinski definition) is 1. The van der Waals surface area contributed by atoms with Gasteiger partial charge >= 0.3 is 0 Å². The molecule has 1 fully saturated rings. The van der Waals surface area contributed by atoms with E-state index in [1.54, 1.807) is 12.1 Å². The summed E-state index contributed by atoms with van der Waals surface area (Å²) >= 11 is 1.46. The van der Waals surface area contributed by atoms with Gasteiger partial charge < -0.3 is 10.2 Å². The number of carbonyl (C=O) groups is 1. The third kappa shape index (κ3) is 4.44. The number of aryl methyl sites for hydroxylation is 1. The molecule has 6 heteroatoms. The molecule has 0 radical (unpaired) electrons. The van der Waals surface area contributed by atoms with E-state index in [1.807, 2.05) is 18.9 Å². The second kappa shape index (κ2) is 8.06. The average Bonchev–Trinajstić information content (AvgIpc) is 2.97. The van der Waals surface area contributed by atoms with Gasteiger partial charge in [0.05, 0.1) is 10.7 Å². The fourth-order valence-electron chi connectivity index (χ4n) is 3.35. The summed E-state index contributed by atoms with van der Waals surface area (Å²) < 4.78 is 13.0. The van der Waals surface area contributed by atoms with E-state index in [0.29, 0.717) is 12.3 Å². The first kappa shape index (κ1) is 18.0. The predicted octanol–water partition coefficient (Wildman–Crippen LogP) is 3.25. The number of thiazole rings is 1. The standard InChI is InChI=1S/C19H24FN3OS/c1-13-18(19(24)23-9-3-4-15(12-23)11-21-2)25-17(22-13)10-14-5-7-16(20)8-6-14/h5-8,15,21H,3-4,9-12H2,1-2H3. The van der Waals surface area contributed by atoms with Crippen LogP contribution in [0.25, 0.3) is 0 Å². The summed E-state index contributed by atoms with van der Waals surface area (Å²) in [5, 5.41) is 4.11. The van der Waals surface area contributed by atoms with Crippen molar-refractivity contribution in [2.45, 2.75) is 26.2 Å². The van der Waals surface area contributed by atoms with Crippen molar-refractivity contribution in [3.63, 3.8) is 0 Å². The zero-order chi connectivity index (χ0) is 17.8. The molecule has 25 heavy (non-hydrogen) atoms. The summed E-state index contributed by atoms with van der Waals surface area (Å²) in [6.45, 7) is 4.47. The first-order chi connectivity index (χ1) is 12.1. The maximum atomic E-state index is 13.0. The van der Waals surface area contributed by atoms with Crippen molar-refractivity contribution in [3.05, 3.63) is 51.2 Å². The van der Waals surface area contributed by atoms with Crippen molar-refractivity contribution in [1.82, 2.24) is 15.2 Å². The minimum Gasteiger partial charge on any atom is -0.338 e. The number of aromatic nitrogens is 1. The minimum atomic E-state index is -0.240. The van der Waals surface area contributed by atoms with Crippen molar-refractivity contribution >= 4 is 17.2 Å². The van der Waals surface area contributed by atoms with Gasteiger partial charge in [-0.3, -0.25) is 4.79 Å². The molecule has 1 aromatic heterocycles. The van der Waals surface area contributed by atoms with Crippen LogP contribution in [0.3, 0.4) is 0 Å². The van der Waals surface area contributed by atoms with Gasteiger partial charge in [0.25, 0.3) is 5.91 Å². The molecule has 1 atom stereocenters. The third-order valence-corrected chi connectivity index (χ3v) is 5.75. The summed E-state index contributed by atoms with van der Waals surface area (Å²) in [6.07, 6.45) is 2.85. The quantitative estimate of drug-likeness (QED) is 0.889. The number of carbonyl (C=O) groups excluding carboxylic acids is 1. The van der Waals surface area contributed by atoms with Gasteiger partial charge in [0, 0.05) is 19.5 Å². The largest absolute Gasteiger partial charge is 0.338 e. The maximum absolute atomic E-state index is 13.0. The summed E-state index contributed by atoms with van der Waals surface area (Å²) in [6, 6.07) is 6.44. The number of halogens is 1. The number of likely N-dealkylation sites (tertiary alicyclic amines) is 1. The Balaban J connectivity index is 1.70. The molecule has 0 spiro atoms. The van der Waals surface area contributed by atoms with Gasteiger partial charge in [0.1, 0.15) is 10.7 Å². The van der Waals surface area contributed by atoms with Crippen LogP contribution in [0.1, 0.15) is 38.8 Å². The molecular weight excluding hydrogens is 337 g/mol. The molecule has 0 aliphatic carbocycles. The number of piperidine rings is 1. The molecular formula is C19H24FN3OS. The average molecular weight is 361 g/mol. The van der Waals surface area contributed by atoms with Crippen molar-refractivity contribution in [3.8, 4) is 0 Å². The number of rotatable bonds is 5. The Morgan fingerprint density at radius 3 is 2.88 bits per heavy atom. The topological polar surface area (TPSA) is 45.2 Å². The van der Waals surface area contributed by atoms with Gasteiger partial charge in [0.15, 0.2) is 0 Å². The lowest BCUT2D eigenvalue weighted by atomic mass is 9.98. The molecule has 4 nitrogen and oxygen atoms in total. The van der Waals surface area contributed by atoms with E-state index in [-0.39, 0.29) is 11.7 Å². The first-order valence-corrected chi connectivity index (χ1v) is 9.53. The fraction of sp³-hybridized carbons (Fsp3) is 0.474. The Hall–Kier alpha value is -1.79. The third-order valence-electron chi connectivity index (χ3n) is 4.60. The molecule has 1 saturated heterocycles. The fourth-order valence-corrected chi connectivity index (χ4v) is 4.42. The van der Waals surface area contributed by atoms with Crippen LogP contribution in [0.5, 0.6) is 0 Å². The van der Waals surface area contributed by atoms with Crippen LogP contribution >= 0.6 is 11.3 Å². The summed E-state index contributed by atoms with van der Waals surface area (Å²) in [4.78, 5) is 20.2. The highest BCUT2D eigenvalue weighted by molar-refractivity contribution is 7.13. The number of nitrogens with zero attached hydrogens (tertiary/aromatic N) is 2. The lowest BCUT2D eigenvalue weighted by Gasteiger charge is -2.32. The van der Waals surface area contributed by atoms with Crippen molar-refractivity contribution in [2.75, 3.05) is 26.7 Å². The molecule has 1 amide bonds. The molecule has 1 aromatic carbocycles. The molecule has 1 aliphatic heterocycles. The maximum Gasteiger partial charge on any atom is 0.265 e. The smallest absolute Gasteiger partial charge is 0.265 e. The molecule has 0 saturated carbocycles. The van der Waals surface area contributed by atoms with Crippen LogP contribution in [-0.2, 0) is 6.42 Å². The second-order valence-electron chi connectivity index (χ2n) is 6.64. The van der Waals surface area contributed by atoms with Crippen LogP contribution in [0.15, 0.2) is 24.3 Å². The van der Waals surface area contributed by atoms with Gasteiger partial charge in [0.2, 0.25) is 0 Å². The Morgan fingerprint density at radius 1 is 1.40 bits per heavy atom. The van der Waals surface area contributed by atoms with E-state index in [9.17, 15) is 9.18 Å². The molecule has 1 aliphatic rings. The van der Waals surface area contributed by atoms with Gasteiger partial charge in [-0.15, -0.1) is 11.3 Å². The molecule has 1 unspecified atom stereocenters. The van der Waals surface area contributed by atoms with Crippen molar-refractivity contribution < 1.29 is 9.18 Å². The molecule has 2 aromatic rings. The van der Waals surface area contributed by atoms with E-state index < -0.39 is 0 Å². The Labute approximate surface area is 152 Å². The number of benzene rings is 1. The zero-order valence-electron chi connectivity index (χ0n) is 14.7. The molecule has 0 bridgehead atoms. The van der Waals surface area contributed by atoms with Gasteiger partial charge in [-0.2, -0.15) is 0 Å². The Kier molecular flexibility index (Phi) is 5.81. The van der Waals surface area contributed by atoms with Gasteiger partial charge in [-0.25, -0.2) is 9.37 Å². The highest BCUT2D eigenvalue weighted by atomic mass is 32.1. The highest BCUT2D eigenvalue weighted by Gasteiger charge is 2.26. The van der Waals surface area contributed by atoms with Gasteiger partial charge in [-0.1, -0.05) is 12.1 Å². The number of amides is 1. The first-order valence-electron chi connectivity index (χ1n) is 8.71. The molecule has 2 heterocycles. The molecule has 134 valence electrons. The van der Waals surface area contributed by atoms with Crippen molar-refractivity contribution in [2.24, 2.45) is 5.92 Å². The highest BCUT2D eigenvalue weighted by Crippen LogP contribution is 2.25. The number of hydrogen-bond acceptors (Lipinski definition) is 4. The summed E-state index contributed by atoms with van der Waals surface area (Å²) in [5.41, 5.74) is 1.80. The zero-order valence-corrected chi connectivity index (χ0v) is 15.5. The normalized spacial score (nSPS) is 17.7.